The normalized spacial score (nSPS) is 21.6. The minimum atomic E-state index is -0.745. The quantitative estimate of drug-likeness (QED) is 0.638. The molecule has 108 valence electrons. The molecule has 2 atom stereocenters. The highest BCUT2D eigenvalue weighted by Crippen LogP contribution is 2.33. The Hall–Kier alpha value is -2.11. The molecule has 2 N–H and O–H groups in total. The number of aliphatic carboxylic acids is 1. The number of carboxylic acids is 1. The van der Waals surface area contributed by atoms with Gasteiger partial charge in [0.2, 0.25) is 0 Å². The smallest absolute Gasteiger partial charge is 0.306 e. The summed E-state index contributed by atoms with van der Waals surface area (Å²) >= 11 is 0. The molecule has 1 aliphatic rings. The van der Waals surface area contributed by atoms with Crippen molar-refractivity contribution >= 4 is 17.3 Å². The van der Waals surface area contributed by atoms with E-state index in [-0.39, 0.29) is 17.5 Å². The number of carbonyl (C=O) groups is 1. The average molecular weight is 278 g/mol. The number of carboxylic acid groups (broad SMARTS) is 1. The maximum Gasteiger partial charge on any atom is 0.306 e. The molecule has 1 saturated carbocycles. The molecule has 0 aliphatic heterocycles. The van der Waals surface area contributed by atoms with Gasteiger partial charge in [-0.25, -0.2) is 0 Å². The molecule has 1 aromatic carbocycles. The Morgan fingerprint density at radius 2 is 2.25 bits per heavy atom. The number of benzene rings is 1. The topological polar surface area (TPSA) is 92.5 Å². The molecular weight excluding hydrogens is 260 g/mol. The summed E-state index contributed by atoms with van der Waals surface area (Å²) in [6, 6.07) is 4.89. The first-order valence-corrected chi connectivity index (χ1v) is 6.71. The molecule has 6 nitrogen and oxygen atoms in total. The Morgan fingerprint density at radius 3 is 2.90 bits per heavy atom. The van der Waals surface area contributed by atoms with E-state index in [4.69, 9.17) is 5.11 Å². The largest absolute Gasteiger partial charge is 0.481 e. The number of hydrogen-bond acceptors (Lipinski definition) is 4. The van der Waals surface area contributed by atoms with Gasteiger partial charge in [-0.15, -0.1) is 0 Å². The third kappa shape index (κ3) is 2.89. The van der Waals surface area contributed by atoms with Crippen LogP contribution in [-0.4, -0.2) is 22.5 Å². The van der Waals surface area contributed by atoms with E-state index in [1.54, 1.807) is 19.1 Å². The van der Waals surface area contributed by atoms with Crippen LogP contribution in [0.2, 0.25) is 0 Å². The molecule has 0 heterocycles. The Labute approximate surface area is 117 Å². The summed E-state index contributed by atoms with van der Waals surface area (Å²) in [5.74, 6) is -0.960. The summed E-state index contributed by atoms with van der Waals surface area (Å²) in [5.41, 5.74) is 1.37. The lowest BCUT2D eigenvalue weighted by Gasteiger charge is -2.18. The van der Waals surface area contributed by atoms with Crippen molar-refractivity contribution in [3.63, 3.8) is 0 Å². The predicted molar refractivity (Wildman–Crippen MR) is 74.8 cm³/mol. The molecule has 1 aliphatic carbocycles. The summed E-state index contributed by atoms with van der Waals surface area (Å²) < 4.78 is 0. The van der Waals surface area contributed by atoms with Gasteiger partial charge in [-0.2, -0.15) is 0 Å². The van der Waals surface area contributed by atoms with E-state index >= 15 is 0 Å². The first kappa shape index (κ1) is 14.3. The molecule has 0 amide bonds. The number of anilines is 1. The molecule has 0 spiro atoms. The van der Waals surface area contributed by atoms with Crippen molar-refractivity contribution in [1.82, 2.24) is 0 Å². The van der Waals surface area contributed by atoms with Crippen molar-refractivity contribution in [2.75, 3.05) is 11.9 Å². The first-order valence-electron chi connectivity index (χ1n) is 6.71. The van der Waals surface area contributed by atoms with E-state index in [1.165, 1.54) is 6.07 Å². The van der Waals surface area contributed by atoms with Crippen molar-refractivity contribution in [3.8, 4) is 0 Å². The Morgan fingerprint density at radius 1 is 1.50 bits per heavy atom. The highest BCUT2D eigenvalue weighted by atomic mass is 16.6. The van der Waals surface area contributed by atoms with Gasteiger partial charge in [-0.3, -0.25) is 14.9 Å². The van der Waals surface area contributed by atoms with E-state index in [9.17, 15) is 14.9 Å². The van der Waals surface area contributed by atoms with Gasteiger partial charge < -0.3 is 10.4 Å². The van der Waals surface area contributed by atoms with Gasteiger partial charge in [-0.05, 0) is 31.7 Å². The fourth-order valence-corrected chi connectivity index (χ4v) is 2.86. The van der Waals surface area contributed by atoms with Crippen molar-refractivity contribution in [1.29, 1.82) is 0 Å². The van der Waals surface area contributed by atoms with Crippen LogP contribution in [0.1, 0.15) is 24.8 Å². The molecule has 20 heavy (non-hydrogen) atoms. The van der Waals surface area contributed by atoms with Crippen molar-refractivity contribution in [2.24, 2.45) is 11.8 Å². The summed E-state index contributed by atoms with van der Waals surface area (Å²) in [6.45, 7) is 2.24. The highest BCUT2D eigenvalue weighted by Gasteiger charge is 2.32. The summed E-state index contributed by atoms with van der Waals surface area (Å²) in [5, 5.41) is 23.2. The zero-order valence-electron chi connectivity index (χ0n) is 11.3. The summed E-state index contributed by atoms with van der Waals surface area (Å²) in [7, 11) is 0. The fraction of sp³-hybridized carbons (Fsp3) is 0.500. The van der Waals surface area contributed by atoms with Crippen LogP contribution in [0.25, 0.3) is 0 Å². The number of nitrogens with zero attached hydrogens (tertiary/aromatic N) is 1. The zero-order chi connectivity index (χ0) is 14.7. The average Bonchev–Trinajstić information content (AvgIpc) is 2.85. The van der Waals surface area contributed by atoms with E-state index in [0.29, 0.717) is 17.8 Å². The van der Waals surface area contributed by atoms with Crippen LogP contribution in [-0.2, 0) is 4.79 Å². The number of nitrogens with one attached hydrogen (secondary N) is 1. The van der Waals surface area contributed by atoms with Crippen LogP contribution in [0.4, 0.5) is 11.4 Å². The molecule has 1 fully saturated rings. The molecule has 2 rings (SSSR count). The van der Waals surface area contributed by atoms with Crippen molar-refractivity contribution in [2.45, 2.75) is 26.2 Å². The third-order valence-electron chi connectivity index (χ3n) is 4.03. The summed E-state index contributed by atoms with van der Waals surface area (Å²) in [4.78, 5) is 21.6. The Balaban J connectivity index is 2.06. The van der Waals surface area contributed by atoms with Crippen LogP contribution in [0, 0.1) is 28.9 Å². The van der Waals surface area contributed by atoms with Gasteiger partial charge in [0.1, 0.15) is 0 Å². The van der Waals surface area contributed by atoms with E-state index in [2.05, 4.69) is 5.32 Å². The highest BCUT2D eigenvalue weighted by molar-refractivity contribution is 5.71. The minimum Gasteiger partial charge on any atom is -0.481 e. The number of nitro benzene ring substituents is 1. The van der Waals surface area contributed by atoms with Crippen LogP contribution in [0.3, 0.4) is 0 Å². The van der Waals surface area contributed by atoms with E-state index in [1.807, 2.05) is 0 Å². The Kier molecular flexibility index (Phi) is 4.22. The van der Waals surface area contributed by atoms with Gasteiger partial charge >= 0.3 is 5.97 Å². The molecule has 0 bridgehead atoms. The van der Waals surface area contributed by atoms with E-state index in [0.717, 1.165) is 19.3 Å². The number of hydrogen-bond donors (Lipinski definition) is 2. The zero-order valence-corrected chi connectivity index (χ0v) is 11.3. The second kappa shape index (κ2) is 5.90. The van der Waals surface area contributed by atoms with Crippen LogP contribution >= 0.6 is 0 Å². The second-order valence-electron chi connectivity index (χ2n) is 5.22. The molecule has 0 radical (unpaired) electrons. The molecule has 0 aromatic heterocycles. The maximum absolute atomic E-state index is 11.1. The minimum absolute atomic E-state index is 0.0798. The monoisotopic (exact) mass is 278 g/mol. The van der Waals surface area contributed by atoms with Crippen LogP contribution in [0.15, 0.2) is 18.2 Å². The standard InChI is InChI=1S/C14H18N2O4/c1-9-12(6-3-7-13(9)16(19)20)15-8-10-4-2-5-11(10)14(17)18/h3,6-7,10-11,15H,2,4-5,8H2,1H3,(H,17,18). The van der Waals surface area contributed by atoms with Gasteiger partial charge in [0.15, 0.2) is 0 Å². The number of rotatable bonds is 5. The van der Waals surface area contributed by atoms with Crippen LogP contribution in [0.5, 0.6) is 0 Å². The van der Waals surface area contributed by atoms with Gasteiger partial charge in [0.25, 0.3) is 5.69 Å². The van der Waals surface area contributed by atoms with E-state index < -0.39 is 10.9 Å². The molecule has 0 saturated heterocycles. The Bertz CT molecular complexity index is 530. The van der Waals surface area contributed by atoms with Gasteiger partial charge in [-0.1, -0.05) is 12.5 Å². The maximum atomic E-state index is 11.1. The molecule has 6 heteroatoms. The lowest BCUT2D eigenvalue weighted by Crippen LogP contribution is -2.24. The lowest BCUT2D eigenvalue weighted by molar-refractivity contribution is -0.385. The number of nitro groups is 1. The first-order chi connectivity index (χ1) is 9.50. The summed E-state index contributed by atoms with van der Waals surface area (Å²) in [6.07, 6.45) is 2.53. The van der Waals surface area contributed by atoms with Crippen molar-refractivity contribution in [3.05, 3.63) is 33.9 Å². The molecule has 2 unspecified atom stereocenters. The fourth-order valence-electron chi connectivity index (χ4n) is 2.86. The van der Waals surface area contributed by atoms with Crippen molar-refractivity contribution < 1.29 is 14.8 Å². The lowest BCUT2D eigenvalue weighted by atomic mass is 9.96. The third-order valence-corrected chi connectivity index (χ3v) is 4.03. The predicted octanol–water partition coefficient (Wildman–Crippen LogP) is 2.82. The van der Waals surface area contributed by atoms with Crippen LogP contribution < -0.4 is 5.32 Å². The van der Waals surface area contributed by atoms with Gasteiger partial charge in [0.05, 0.1) is 10.8 Å². The second-order valence-corrected chi connectivity index (χ2v) is 5.22. The molecule has 1 aromatic rings. The molecular formula is C14H18N2O4. The van der Waals surface area contributed by atoms with Gasteiger partial charge in [0, 0.05) is 23.9 Å². The SMILES string of the molecule is Cc1c(NCC2CCCC2C(=O)O)cccc1[N+](=O)[O-].